The molecule has 0 saturated heterocycles. The van der Waals surface area contributed by atoms with Gasteiger partial charge in [-0.05, 0) is 50.8 Å². The van der Waals surface area contributed by atoms with Gasteiger partial charge in [0, 0.05) is 18.3 Å². The van der Waals surface area contributed by atoms with Crippen molar-refractivity contribution in [2.45, 2.75) is 46.6 Å². The zero-order chi connectivity index (χ0) is 15.7. The van der Waals surface area contributed by atoms with E-state index in [1.54, 1.807) is 11.0 Å². The summed E-state index contributed by atoms with van der Waals surface area (Å²) in [5.41, 5.74) is 2.89. The highest BCUT2D eigenvalue weighted by molar-refractivity contribution is 5.99. The fourth-order valence-electron chi connectivity index (χ4n) is 2.69. The van der Waals surface area contributed by atoms with E-state index in [0.29, 0.717) is 0 Å². The molecule has 0 N–H and O–H groups in total. The number of hydrogen-bond acceptors (Lipinski definition) is 3. The van der Waals surface area contributed by atoms with E-state index in [2.05, 4.69) is 0 Å². The lowest BCUT2D eigenvalue weighted by molar-refractivity contribution is -0.385. The number of nitro benzene ring substituents is 1. The first kappa shape index (κ1) is 15.2. The molecule has 0 aromatic heterocycles. The number of rotatable bonds is 3. The van der Waals surface area contributed by atoms with Crippen molar-refractivity contribution in [2.75, 3.05) is 0 Å². The highest BCUT2D eigenvalue weighted by atomic mass is 16.6. The molecule has 1 amide bonds. The molecule has 1 aromatic carbocycles. The minimum Gasteiger partial charge on any atom is -0.311 e. The van der Waals surface area contributed by atoms with Crippen LogP contribution >= 0.6 is 0 Å². The highest BCUT2D eigenvalue weighted by Crippen LogP contribution is 2.30. The van der Waals surface area contributed by atoms with Crippen molar-refractivity contribution in [2.24, 2.45) is 0 Å². The van der Waals surface area contributed by atoms with E-state index in [4.69, 9.17) is 0 Å². The van der Waals surface area contributed by atoms with Crippen molar-refractivity contribution in [1.82, 2.24) is 4.90 Å². The van der Waals surface area contributed by atoms with Crippen LogP contribution in [-0.2, 0) is 0 Å². The normalized spacial score (nSPS) is 17.8. The molecule has 21 heavy (non-hydrogen) atoms. The van der Waals surface area contributed by atoms with E-state index in [0.717, 1.165) is 29.5 Å². The van der Waals surface area contributed by atoms with Crippen LogP contribution < -0.4 is 0 Å². The van der Waals surface area contributed by atoms with Crippen LogP contribution in [0.15, 0.2) is 23.9 Å². The largest absolute Gasteiger partial charge is 0.311 e. The lowest BCUT2D eigenvalue weighted by atomic mass is 10.0. The maximum absolute atomic E-state index is 12.7. The van der Waals surface area contributed by atoms with Crippen LogP contribution in [-0.4, -0.2) is 21.8 Å². The zero-order valence-corrected chi connectivity index (χ0v) is 12.8. The van der Waals surface area contributed by atoms with Gasteiger partial charge in [-0.25, -0.2) is 0 Å². The number of nitro groups is 1. The summed E-state index contributed by atoms with van der Waals surface area (Å²) in [6.07, 6.45) is 3.48. The van der Waals surface area contributed by atoms with E-state index in [9.17, 15) is 14.9 Å². The molecular formula is C16H20N2O3. The third kappa shape index (κ3) is 2.82. The topological polar surface area (TPSA) is 63.5 Å². The summed E-state index contributed by atoms with van der Waals surface area (Å²) < 4.78 is 0. The number of aryl methyl sites for hydroxylation is 2. The van der Waals surface area contributed by atoms with Gasteiger partial charge in [0.05, 0.1) is 4.92 Å². The van der Waals surface area contributed by atoms with Crippen LogP contribution in [0.3, 0.4) is 0 Å². The van der Waals surface area contributed by atoms with E-state index in [-0.39, 0.29) is 23.2 Å². The Labute approximate surface area is 124 Å². The zero-order valence-electron chi connectivity index (χ0n) is 12.8. The van der Waals surface area contributed by atoms with Crippen molar-refractivity contribution < 1.29 is 9.72 Å². The van der Waals surface area contributed by atoms with Gasteiger partial charge in [0.2, 0.25) is 0 Å². The summed E-state index contributed by atoms with van der Waals surface area (Å²) in [5, 5.41) is 11.2. The summed E-state index contributed by atoms with van der Waals surface area (Å²) in [5.74, 6) is -0.284. The van der Waals surface area contributed by atoms with Gasteiger partial charge in [-0.1, -0.05) is 12.5 Å². The average Bonchev–Trinajstić information content (AvgIpc) is 2.81. The number of carbonyl (C=O) groups is 1. The quantitative estimate of drug-likeness (QED) is 0.628. The number of carbonyl (C=O) groups excluding carboxylic acids is 1. The lowest BCUT2D eigenvalue weighted by Crippen LogP contribution is -2.32. The predicted molar refractivity (Wildman–Crippen MR) is 81.2 cm³/mol. The predicted octanol–water partition coefficient (Wildman–Crippen LogP) is 3.74. The summed E-state index contributed by atoms with van der Waals surface area (Å²) in [7, 11) is 0. The van der Waals surface area contributed by atoms with Gasteiger partial charge >= 0.3 is 0 Å². The molecule has 1 heterocycles. The minimum absolute atomic E-state index is 0.0960. The summed E-state index contributed by atoms with van der Waals surface area (Å²) >= 11 is 0. The molecule has 0 fully saturated rings. The highest BCUT2D eigenvalue weighted by Gasteiger charge is 2.31. The van der Waals surface area contributed by atoms with Gasteiger partial charge in [0.15, 0.2) is 0 Å². The van der Waals surface area contributed by atoms with Crippen molar-refractivity contribution in [3.8, 4) is 0 Å². The summed E-state index contributed by atoms with van der Waals surface area (Å²) in [6, 6.07) is 3.21. The van der Waals surface area contributed by atoms with Crippen LogP contribution in [0.25, 0.3) is 0 Å². The van der Waals surface area contributed by atoms with Crippen LogP contribution in [0.2, 0.25) is 0 Å². The molecule has 1 atom stereocenters. The first-order valence-corrected chi connectivity index (χ1v) is 7.10. The van der Waals surface area contributed by atoms with Gasteiger partial charge < -0.3 is 4.90 Å². The van der Waals surface area contributed by atoms with E-state index in [1.165, 1.54) is 6.07 Å². The van der Waals surface area contributed by atoms with Crippen molar-refractivity contribution in [3.05, 3.63) is 50.7 Å². The van der Waals surface area contributed by atoms with Crippen molar-refractivity contribution in [3.63, 3.8) is 0 Å². The van der Waals surface area contributed by atoms with Gasteiger partial charge in [-0.3, -0.25) is 14.9 Å². The number of hydrogen-bond donors (Lipinski definition) is 0. The molecule has 1 aliphatic rings. The number of nitrogens with zero attached hydrogens (tertiary/aromatic N) is 2. The molecule has 112 valence electrons. The van der Waals surface area contributed by atoms with Crippen molar-refractivity contribution in [1.29, 1.82) is 0 Å². The van der Waals surface area contributed by atoms with Crippen LogP contribution in [0.4, 0.5) is 5.69 Å². The molecule has 0 saturated carbocycles. The van der Waals surface area contributed by atoms with E-state index in [1.807, 2.05) is 33.9 Å². The SMILES string of the molecule is CC[C@@H]1CC(C)=CN1C(=O)c1cc(C)c(C)cc1[N+](=O)[O-]. The molecule has 0 radical (unpaired) electrons. The smallest absolute Gasteiger partial charge is 0.282 e. The molecule has 0 aliphatic carbocycles. The average molecular weight is 288 g/mol. The Morgan fingerprint density at radius 2 is 1.95 bits per heavy atom. The fourth-order valence-corrected chi connectivity index (χ4v) is 2.69. The van der Waals surface area contributed by atoms with Crippen molar-refractivity contribution >= 4 is 11.6 Å². The molecule has 0 unspecified atom stereocenters. The molecule has 1 aliphatic heterocycles. The second-order valence-electron chi connectivity index (χ2n) is 5.66. The Morgan fingerprint density at radius 1 is 1.33 bits per heavy atom. The Hall–Kier alpha value is -2.17. The van der Waals surface area contributed by atoms with Crippen LogP contribution in [0.1, 0.15) is 48.2 Å². The third-order valence-electron chi connectivity index (χ3n) is 4.06. The maximum atomic E-state index is 12.7. The second-order valence-corrected chi connectivity index (χ2v) is 5.66. The van der Waals surface area contributed by atoms with E-state index < -0.39 is 4.92 Å². The second kappa shape index (κ2) is 5.68. The number of amides is 1. The Balaban J connectivity index is 2.48. The molecule has 5 heteroatoms. The molecule has 2 rings (SSSR count). The third-order valence-corrected chi connectivity index (χ3v) is 4.06. The van der Waals surface area contributed by atoms with Gasteiger partial charge in [-0.2, -0.15) is 0 Å². The monoisotopic (exact) mass is 288 g/mol. The Kier molecular flexibility index (Phi) is 4.11. The van der Waals surface area contributed by atoms with Gasteiger partial charge in [0.1, 0.15) is 5.56 Å². The lowest BCUT2D eigenvalue weighted by Gasteiger charge is -2.22. The fraction of sp³-hybridized carbons (Fsp3) is 0.438. The van der Waals surface area contributed by atoms with Gasteiger partial charge in [-0.15, -0.1) is 0 Å². The van der Waals surface area contributed by atoms with E-state index >= 15 is 0 Å². The molecular weight excluding hydrogens is 268 g/mol. The van der Waals surface area contributed by atoms with Crippen LogP contribution in [0, 0.1) is 24.0 Å². The first-order valence-electron chi connectivity index (χ1n) is 7.10. The maximum Gasteiger partial charge on any atom is 0.282 e. The molecule has 5 nitrogen and oxygen atoms in total. The first-order chi connectivity index (χ1) is 9.85. The molecule has 0 bridgehead atoms. The summed E-state index contributed by atoms with van der Waals surface area (Å²) in [4.78, 5) is 25.1. The Bertz CT molecular complexity index is 635. The standard InChI is InChI=1S/C16H20N2O3/c1-5-13-6-10(2)9-17(13)16(19)14-7-11(3)12(4)8-15(14)18(20)21/h7-9,13H,5-6H2,1-4H3/t13-/m1/s1. The van der Waals surface area contributed by atoms with Gasteiger partial charge in [0.25, 0.3) is 11.6 Å². The minimum atomic E-state index is -0.479. The van der Waals surface area contributed by atoms with Crippen LogP contribution in [0.5, 0.6) is 0 Å². The molecule has 1 aromatic rings. The summed E-state index contributed by atoms with van der Waals surface area (Å²) in [6.45, 7) is 7.67. The number of benzene rings is 1. The molecule has 0 spiro atoms. The Morgan fingerprint density at radius 3 is 2.52 bits per heavy atom.